The molecule has 5 nitrogen and oxygen atoms in total. The Bertz CT molecular complexity index is 440. The van der Waals surface area contributed by atoms with Crippen molar-refractivity contribution in [2.45, 2.75) is 70.6 Å². The number of hydrogen-bond acceptors (Lipinski definition) is 4. The topological polar surface area (TPSA) is 55.8 Å². The minimum Gasteiger partial charge on any atom is -0.465 e. The summed E-state index contributed by atoms with van der Waals surface area (Å²) in [6, 6.07) is -1.29. The standard InChI is InChI=1S/C15H24BFNO4/c1-15(2,3)22-14(20)18-11-8-9(7-10(11)17)12(18)13(19)21-6-5-16-4/h9-12H,5-8H2,1-4H3/t9-,10-,11?,12-/m0/s1. The molecule has 0 spiro atoms. The molecule has 1 radical (unpaired) electrons. The number of hydrogen-bond donors (Lipinski definition) is 0. The van der Waals surface area contributed by atoms with Crippen molar-refractivity contribution >= 4 is 19.3 Å². The van der Waals surface area contributed by atoms with Gasteiger partial charge in [0.25, 0.3) is 0 Å². The molecule has 22 heavy (non-hydrogen) atoms. The van der Waals surface area contributed by atoms with Gasteiger partial charge in [-0.1, -0.05) is 6.82 Å². The van der Waals surface area contributed by atoms with Crippen molar-refractivity contribution in [1.29, 1.82) is 0 Å². The molecule has 2 fully saturated rings. The first kappa shape index (κ1) is 17.1. The van der Waals surface area contributed by atoms with Gasteiger partial charge in [-0.3, -0.25) is 4.90 Å². The number of likely N-dealkylation sites (tertiary alicyclic amines) is 1. The maximum Gasteiger partial charge on any atom is 0.411 e. The van der Waals surface area contributed by atoms with Crippen molar-refractivity contribution in [1.82, 2.24) is 4.90 Å². The van der Waals surface area contributed by atoms with Gasteiger partial charge in [-0.25, -0.2) is 14.0 Å². The van der Waals surface area contributed by atoms with Crippen molar-refractivity contribution in [2.75, 3.05) is 6.61 Å². The molecule has 0 aromatic heterocycles. The summed E-state index contributed by atoms with van der Waals surface area (Å²) in [6.45, 7) is 7.40. The van der Waals surface area contributed by atoms with Gasteiger partial charge < -0.3 is 9.47 Å². The summed E-state index contributed by atoms with van der Waals surface area (Å²) >= 11 is 0. The quantitative estimate of drug-likeness (QED) is 0.454. The number of amides is 1. The van der Waals surface area contributed by atoms with Crippen LogP contribution in [-0.4, -0.2) is 54.7 Å². The first-order valence-electron chi connectivity index (χ1n) is 7.84. The maximum absolute atomic E-state index is 14.0. The molecule has 2 bridgehead atoms. The van der Waals surface area contributed by atoms with Gasteiger partial charge in [0.15, 0.2) is 0 Å². The lowest BCUT2D eigenvalue weighted by atomic mass is 9.79. The van der Waals surface area contributed by atoms with Crippen LogP contribution in [0.2, 0.25) is 13.1 Å². The van der Waals surface area contributed by atoms with E-state index in [-0.39, 0.29) is 12.5 Å². The number of halogens is 1. The molecule has 4 atom stereocenters. The third-order valence-electron chi connectivity index (χ3n) is 4.09. The van der Waals surface area contributed by atoms with Crippen LogP contribution in [0.25, 0.3) is 0 Å². The average Bonchev–Trinajstić information content (AvgIpc) is 2.93. The van der Waals surface area contributed by atoms with Crippen LogP contribution in [0.5, 0.6) is 0 Å². The normalized spacial score (nSPS) is 30.3. The number of carbonyl (C=O) groups is 2. The Labute approximate surface area is 131 Å². The van der Waals surface area contributed by atoms with Crippen molar-refractivity contribution in [3.8, 4) is 0 Å². The van der Waals surface area contributed by atoms with Gasteiger partial charge in [-0.2, -0.15) is 0 Å². The second-order valence-electron chi connectivity index (χ2n) is 7.01. The summed E-state index contributed by atoms with van der Waals surface area (Å²) in [5, 5.41) is 0. The minimum atomic E-state index is -1.09. The highest BCUT2D eigenvalue weighted by atomic mass is 19.1. The first-order chi connectivity index (χ1) is 10.2. The lowest BCUT2D eigenvalue weighted by Crippen LogP contribution is -2.54. The van der Waals surface area contributed by atoms with E-state index in [0.29, 0.717) is 19.2 Å². The summed E-state index contributed by atoms with van der Waals surface area (Å²) in [5.74, 6) is -0.627. The number of ether oxygens (including phenoxy) is 2. The Kier molecular flexibility index (Phi) is 5.02. The van der Waals surface area contributed by atoms with E-state index in [1.54, 1.807) is 20.8 Å². The fourth-order valence-electron chi connectivity index (χ4n) is 3.21. The molecular formula is C15H24BFNO4. The molecule has 1 heterocycles. The van der Waals surface area contributed by atoms with E-state index in [9.17, 15) is 14.0 Å². The van der Waals surface area contributed by atoms with Gasteiger partial charge >= 0.3 is 12.1 Å². The highest BCUT2D eigenvalue weighted by Gasteiger charge is 2.57. The van der Waals surface area contributed by atoms with Gasteiger partial charge in [0.2, 0.25) is 0 Å². The van der Waals surface area contributed by atoms with E-state index in [4.69, 9.17) is 9.47 Å². The highest BCUT2D eigenvalue weighted by Crippen LogP contribution is 2.45. The van der Waals surface area contributed by atoms with E-state index in [0.717, 1.165) is 0 Å². The van der Waals surface area contributed by atoms with E-state index in [1.807, 2.05) is 14.1 Å². The molecule has 0 aromatic carbocycles. The van der Waals surface area contributed by atoms with E-state index in [2.05, 4.69) is 0 Å². The largest absolute Gasteiger partial charge is 0.465 e. The molecule has 2 aliphatic rings. The van der Waals surface area contributed by atoms with Crippen LogP contribution in [-0.2, 0) is 14.3 Å². The van der Waals surface area contributed by atoms with Crippen molar-refractivity contribution < 1.29 is 23.5 Å². The van der Waals surface area contributed by atoms with E-state index in [1.165, 1.54) is 4.90 Å². The van der Waals surface area contributed by atoms with Gasteiger partial charge in [0.05, 0.1) is 12.6 Å². The SMILES string of the molecule is C[B]CCOC(=O)[C@@H]1[C@@H]2CC([C@@H](F)C2)N1C(=O)OC(C)(C)C. The third-order valence-corrected chi connectivity index (χ3v) is 4.09. The van der Waals surface area contributed by atoms with Crippen molar-refractivity contribution in [3.63, 3.8) is 0 Å². The summed E-state index contributed by atoms with van der Waals surface area (Å²) in [7, 11) is 1.90. The fraction of sp³-hybridized carbons (Fsp3) is 0.867. The van der Waals surface area contributed by atoms with Crippen LogP contribution >= 0.6 is 0 Å². The van der Waals surface area contributed by atoms with Crippen molar-refractivity contribution in [3.05, 3.63) is 0 Å². The molecule has 1 saturated heterocycles. The van der Waals surface area contributed by atoms with Gasteiger partial charge in [0.1, 0.15) is 25.1 Å². The average molecular weight is 312 g/mol. The number of carbonyl (C=O) groups excluding carboxylic acids is 2. The second-order valence-corrected chi connectivity index (χ2v) is 7.01. The molecule has 1 unspecified atom stereocenters. The number of rotatable bonds is 4. The molecule has 123 valence electrons. The summed E-state index contributed by atoms with van der Waals surface area (Å²) < 4.78 is 24.6. The predicted octanol–water partition coefficient (Wildman–Crippen LogP) is 2.44. The van der Waals surface area contributed by atoms with Crippen LogP contribution in [0.3, 0.4) is 0 Å². The van der Waals surface area contributed by atoms with Crippen LogP contribution < -0.4 is 0 Å². The number of piperidine rings is 1. The molecule has 1 saturated carbocycles. The predicted molar refractivity (Wildman–Crippen MR) is 80.7 cm³/mol. The lowest BCUT2D eigenvalue weighted by Gasteiger charge is -2.36. The minimum absolute atomic E-state index is 0.175. The highest BCUT2D eigenvalue weighted by molar-refractivity contribution is 6.33. The van der Waals surface area contributed by atoms with E-state index >= 15 is 0 Å². The summed E-state index contributed by atoms with van der Waals surface area (Å²) in [5.41, 5.74) is -0.684. The number of alkyl halides is 1. The van der Waals surface area contributed by atoms with Crippen LogP contribution in [0.4, 0.5) is 9.18 Å². The second kappa shape index (κ2) is 6.46. The number of esters is 1. The summed E-state index contributed by atoms with van der Waals surface area (Å²) in [6.07, 6.45) is -0.258. The molecular weight excluding hydrogens is 288 g/mol. The molecule has 1 amide bonds. The monoisotopic (exact) mass is 312 g/mol. The van der Waals surface area contributed by atoms with Crippen molar-refractivity contribution in [2.24, 2.45) is 5.92 Å². The van der Waals surface area contributed by atoms with Gasteiger partial charge in [-0.05, 0) is 45.9 Å². The Morgan fingerprint density at radius 3 is 2.59 bits per heavy atom. The first-order valence-corrected chi connectivity index (χ1v) is 7.84. The zero-order chi connectivity index (χ0) is 16.5. The Morgan fingerprint density at radius 1 is 1.32 bits per heavy atom. The van der Waals surface area contributed by atoms with Crippen LogP contribution in [0.15, 0.2) is 0 Å². The third kappa shape index (κ3) is 3.55. The Morgan fingerprint density at radius 2 is 2.00 bits per heavy atom. The molecule has 1 aliphatic carbocycles. The number of fused-ring (bicyclic) bond motifs is 2. The van der Waals surface area contributed by atoms with E-state index < -0.39 is 35.9 Å². The van der Waals surface area contributed by atoms with Crippen LogP contribution in [0.1, 0.15) is 33.6 Å². The molecule has 0 aromatic rings. The Balaban J connectivity index is 2.09. The fourth-order valence-corrected chi connectivity index (χ4v) is 3.21. The van der Waals surface area contributed by atoms with Gasteiger partial charge in [-0.15, -0.1) is 0 Å². The van der Waals surface area contributed by atoms with Crippen LogP contribution in [0, 0.1) is 5.92 Å². The zero-order valence-electron chi connectivity index (χ0n) is 13.7. The molecule has 7 heteroatoms. The molecule has 0 N–H and O–H groups in total. The van der Waals surface area contributed by atoms with Gasteiger partial charge in [0, 0.05) is 0 Å². The number of nitrogens with zero attached hydrogens (tertiary/aromatic N) is 1. The molecule has 1 aliphatic heterocycles. The lowest BCUT2D eigenvalue weighted by molar-refractivity contribution is -0.151. The molecule has 2 rings (SSSR count). The smallest absolute Gasteiger partial charge is 0.411 e. The summed E-state index contributed by atoms with van der Waals surface area (Å²) in [4.78, 5) is 25.9. The Hall–Kier alpha value is -1.27. The zero-order valence-corrected chi connectivity index (χ0v) is 13.7. The maximum atomic E-state index is 14.0.